The van der Waals surface area contributed by atoms with Gasteiger partial charge in [-0.3, -0.25) is 0 Å². The zero-order valence-corrected chi connectivity index (χ0v) is 7.85. The van der Waals surface area contributed by atoms with Crippen LogP contribution in [0.1, 0.15) is 5.56 Å². The molecule has 0 aliphatic heterocycles. The van der Waals surface area contributed by atoms with Gasteiger partial charge in [-0.1, -0.05) is 30.3 Å². The molecular weight excluding hydrogens is 172 g/mol. The molecule has 0 radical (unpaired) electrons. The summed E-state index contributed by atoms with van der Waals surface area (Å²) in [5, 5.41) is 1.72. The third-order valence-electron chi connectivity index (χ3n) is 1.38. The number of benzene rings is 1. The van der Waals surface area contributed by atoms with Crippen molar-refractivity contribution in [3.05, 3.63) is 46.2 Å². The highest BCUT2D eigenvalue weighted by Crippen LogP contribution is 2.11. The highest BCUT2D eigenvalue weighted by atomic mass is 32.1. The first-order valence-corrected chi connectivity index (χ1v) is 4.35. The van der Waals surface area contributed by atoms with Crippen molar-refractivity contribution in [1.29, 1.82) is 0 Å². The van der Waals surface area contributed by atoms with Gasteiger partial charge in [-0.05, 0) is 15.9 Å². The number of allylic oxidation sites excluding steroid dienone is 1. The van der Waals surface area contributed by atoms with E-state index in [4.69, 9.17) is 0 Å². The molecule has 0 amide bonds. The van der Waals surface area contributed by atoms with Gasteiger partial charge in [0.2, 0.25) is 0 Å². The molecule has 1 aromatic rings. The fourth-order valence-corrected chi connectivity index (χ4v) is 1.12. The van der Waals surface area contributed by atoms with Crippen LogP contribution in [0.15, 0.2) is 40.6 Å². The molecule has 58 valence electrons. The fraction of sp³-hybridized carbons (Fsp3) is 0.111. The Bertz CT molecular complexity index is 239. The second-order valence-electron chi connectivity index (χ2n) is 2.28. The lowest BCUT2D eigenvalue weighted by atomic mass is 10.1. The average molecular weight is 182 g/mol. The van der Waals surface area contributed by atoms with Gasteiger partial charge in [-0.15, -0.1) is 12.6 Å². The van der Waals surface area contributed by atoms with Crippen molar-refractivity contribution >= 4 is 25.3 Å². The Morgan fingerprint density at radius 2 is 1.91 bits per heavy atom. The predicted octanol–water partition coefficient (Wildman–Crippen LogP) is 2.93. The van der Waals surface area contributed by atoms with Crippen molar-refractivity contribution in [2.75, 3.05) is 0 Å². The second-order valence-corrected chi connectivity index (χ2v) is 3.12. The summed E-state index contributed by atoms with van der Waals surface area (Å²) in [5.74, 6) is 0. The first-order valence-electron chi connectivity index (χ1n) is 3.39. The van der Waals surface area contributed by atoms with Crippen LogP contribution in [0.2, 0.25) is 0 Å². The molecule has 0 aliphatic carbocycles. The third-order valence-corrected chi connectivity index (χ3v) is 2.18. The van der Waals surface area contributed by atoms with Crippen LogP contribution in [-0.4, -0.2) is 0 Å². The summed E-state index contributed by atoms with van der Waals surface area (Å²) in [6.45, 7) is 0. The number of thiol groups is 2. The summed E-state index contributed by atoms with van der Waals surface area (Å²) in [7, 11) is 0. The Kier molecular flexibility index (Phi) is 3.60. The maximum Gasteiger partial charge on any atom is 0.00368 e. The summed E-state index contributed by atoms with van der Waals surface area (Å²) >= 11 is 8.23. The maximum atomic E-state index is 4.23. The zero-order chi connectivity index (χ0) is 8.10. The van der Waals surface area contributed by atoms with Crippen molar-refractivity contribution in [3.8, 4) is 0 Å². The summed E-state index contributed by atoms with van der Waals surface area (Å²) in [5.41, 5.74) is 1.27. The molecule has 0 saturated carbocycles. The van der Waals surface area contributed by atoms with E-state index in [0.717, 1.165) is 11.3 Å². The summed E-state index contributed by atoms with van der Waals surface area (Å²) in [6.07, 6.45) is 0.869. The largest absolute Gasteiger partial charge is 0.151 e. The Hall–Kier alpha value is -0.340. The molecular formula is C9H10S2. The molecule has 1 rings (SSSR count). The van der Waals surface area contributed by atoms with Crippen LogP contribution in [-0.2, 0) is 6.42 Å². The van der Waals surface area contributed by atoms with Crippen molar-refractivity contribution in [2.24, 2.45) is 0 Å². The first kappa shape index (κ1) is 8.75. The molecule has 0 aliphatic rings. The van der Waals surface area contributed by atoms with Gasteiger partial charge in [0.1, 0.15) is 0 Å². The molecule has 0 spiro atoms. The number of hydrogen-bond donors (Lipinski definition) is 2. The van der Waals surface area contributed by atoms with Gasteiger partial charge in [0, 0.05) is 6.42 Å². The highest BCUT2D eigenvalue weighted by Gasteiger charge is 1.91. The van der Waals surface area contributed by atoms with E-state index in [9.17, 15) is 0 Å². The first-order chi connectivity index (χ1) is 5.33. The summed E-state index contributed by atoms with van der Waals surface area (Å²) in [4.78, 5) is 0.986. The van der Waals surface area contributed by atoms with E-state index in [1.807, 2.05) is 18.2 Å². The van der Waals surface area contributed by atoms with E-state index in [1.165, 1.54) is 5.56 Å². The topological polar surface area (TPSA) is 0 Å². The lowest BCUT2D eigenvalue weighted by Gasteiger charge is -1.98. The van der Waals surface area contributed by atoms with E-state index in [2.05, 4.69) is 37.4 Å². The molecule has 0 atom stereocenters. The molecule has 0 saturated heterocycles. The zero-order valence-electron chi connectivity index (χ0n) is 6.07. The lowest BCUT2D eigenvalue weighted by Crippen LogP contribution is -1.81. The standard InChI is InChI=1S/C9H10S2/c10-7-9(11)6-8-4-2-1-3-5-8/h1-5,7,10-11H,6H2/b9-7-. The van der Waals surface area contributed by atoms with Gasteiger partial charge in [-0.2, -0.15) is 12.6 Å². The summed E-state index contributed by atoms with van der Waals surface area (Å²) in [6, 6.07) is 10.2. The molecule has 0 N–H and O–H groups in total. The lowest BCUT2D eigenvalue weighted by molar-refractivity contribution is 1.26. The van der Waals surface area contributed by atoms with Gasteiger partial charge in [0.05, 0.1) is 0 Å². The molecule has 0 nitrogen and oxygen atoms in total. The van der Waals surface area contributed by atoms with E-state index >= 15 is 0 Å². The number of rotatable bonds is 2. The van der Waals surface area contributed by atoms with Crippen LogP contribution in [0.5, 0.6) is 0 Å². The van der Waals surface area contributed by atoms with Crippen molar-refractivity contribution in [3.63, 3.8) is 0 Å². The van der Waals surface area contributed by atoms with E-state index in [-0.39, 0.29) is 0 Å². The SMILES string of the molecule is S/C=C(\S)Cc1ccccc1. The smallest absolute Gasteiger partial charge is 0.00368 e. The van der Waals surface area contributed by atoms with Crippen LogP contribution < -0.4 is 0 Å². The quantitative estimate of drug-likeness (QED) is 0.646. The Morgan fingerprint density at radius 3 is 2.45 bits per heavy atom. The Morgan fingerprint density at radius 1 is 1.27 bits per heavy atom. The predicted molar refractivity (Wildman–Crippen MR) is 56.2 cm³/mol. The van der Waals surface area contributed by atoms with Crippen LogP contribution in [0.4, 0.5) is 0 Å². The highest BCUT2D eigenvalue weighted by molar-refractivity contribution is 7.87. The Balaban J connectivity index is 2.65. The van der Waals surface area contributed by atoms with Gasteiger partial charge >= 0.3 is 0 Å². The monoisotopic (exact) mass is 182 g/mol. The molecule has 0 unspecified atom stereocenters. The number of hydrogen-bond acceptors (Lipinski definition) is 2. The minimum absolute atomic E-state index is 0.869. The molecule has 0 bridgehead atoms. The minimum atomic E-state index is 0.869. The third kappa shape index (κ3) is 3.04. The van der Waals surface area contributed by atoms with E-state index < -0.39 is 0 Å². The van der Waals surface area contributed by atoms with E-state index in [0.29, 0.717) is 0 Å². The summed E-state index contributed by atoms with van der Waals surface area (Å²) < 4.78 is 0. The molecule has 1 aromatic carbocycles. The normalized spacial score (nSPS) is 11.6. The molecule has 0 heterocycles. The average Bonchev–Trinajstić information content (AvgIpc) is 2.06. The minimum Gasteiger partial charge on any atom is -0.151 e. The van der Waals surface area contributed by atoms with Crippen LogP contribution >= 0.6 is 25.3 Å². The fourth-order valence-electron chi connectivity index (χ4n) is 0.851. The van der Waals surface area contributed by atoms with Gasteiger partial charge in [0.15, 0.2) is 0 Å². The molecule has 11 heavy (non-hydrogen) atoms. The van der Waals surface area contributed by atoms with Crippen molar-refractivity contribution in [2.45, 2.75) is 6.42 Å². The van der Waals surface area contributed by atoms with Crippen LogP contribution in [0, 0.1) is 0 Å². The molecule has 2 heteroatoms. The Labute approximate surface area is 78.1 Å². The molecule has 0 aromatic heterocycles. The van der Waals surface area contributed by atoms with Gasteiger partial charge in [-0.25, -0.2) is 0 Å². The van der Waals surface area contributed by atoms with Gasteiger partial charge < -0.3 is 0 Å². The van der Waals surface area contributed by atoms with Crippen molar-refractivity contribution in [1.82, 2.24) is 0 Å². The van der Waals surface area contributed by atoms with Gasteiger partial charge in [0.25, 0.3) is 0 Å². The van der Waals surface area contributed by atoms with Crippen LogP contribution in [0.3, 0.4) is 0 Å². The van der Waals surface area contributed by atoms with Crippen molar-refractivity contribution < 1.29 is 0 Å². The van der Waals surface area contributed by atoms with Crippen LogP contribution in [0.25, 0.3) is 0 Å². The second kappa shape index (κ2) is 4.52. The van der Waals surface area contributed by atoms with E-state index in [1.54, 1.807) is 5.41 Å². The molecule has 0 fully saturated rings. The maximum absolute atomic E-state index is 4.23.